The van der Waals surface area contributed by atoms with Crippen LogP contribution in [0.5, 0.6) is 0 Å². The van der Waals surface area contributed by atoms with Crippen molar-refractivity contribution in [3.8, 4) is 0 Å². The minimum Gasteiger partial charge on any atom is -0.475 e. The second-order valence-electron chi connectivity index (χ2n) is 2.48. The predicted octanol–water partition coefficient (Wildman–Crippen LogP) is 0.243. The van der Waals surface area contributed by atoms with Crippen molar-refractivity contribution in [3.63, 3.8) is 0 Å². The molecule has 0 unspecified atom stereocenters. The van der Waals surface area contributed by atoms with E-state index in [2.05, 4.69) is 21.6 Å². The highest BCUT2D eigenvalue weighted by molar-refractivity contribution is 7.13. The van der Waals surface area contributed by atoms with E-state index >= 15 is 0 Å². The smallest absolute Gasteiger partial charge is 0.374 e. The summed E-state index contributed by atoms with van der Waals surface area (Å²) in [6, 6.07) is 0. The van der Waals surface area contributed by atoms with Crippen molar-refractivity contribution in [2.75, 3.05) is 5.73 Å². The van der Waals surface area contributed by atoms with Crippen LogP contribution in [0.4, 0.5) is 5.13 Å². The topological polar surface area (TPSA) is 115 Å². The van der Waals surface area contributed by atoms with Crippen molar-refractivity contribution in [2.45, 2.75) is 0 Å². The first kappa shape index (κ1) is 11.9. The third-order valence-electron chi connectivity index (χ3n) is 1.39. The third kappa shape index (κ3) is 2.89. The van der Waals surface area contributed by atoms with Gasteiger partial charge in [0.15, 0.2) is 17.1 Å². The van der Waals surface area contributed by atoms with E-state index in [9.17, 15) is 9.59 Å². The van der Waals surface area contributed by atoms with Gasteiger partial charge >= 0.3 is 5.97 Å². The monoisotopic (exact) mass is 241 g/mol. The summed E-state index contributed by atoms with van der Waals surface area (Å²) in [6.45, 7) is 3.07. The third-order valence-corrected chi connectivity index (χ3v) is 2.06. The Hall–Kier alpha value is -2.22. The van der Waals surface area contributed by atoms with Crippen molar-refractivity contribution < 1.29 is 19.5 Å². The zero-order valence-electron chi connectivity index (χ0n) is 7.91. The molecule has 16 heavy (non-hydrogen) atoms. The van der Waals surface area contributed by atoms with E-state index in [1.165, 1.54) is 5.38 Å². The van der Waals surface area contributed by atoms with Gasteiger partial charge in [-0.25, -0.2) is 9.78 Å². The van der Waals surface area contributed by atoms with E-state index in [0.29, 0.717) is 6.29 Å². The van der Waals surface area contributed by atoms with Crippen LogP contribution < -0.4 is 5.73 Å². The number of aldehydes is 1. The van der Waals surface area contributed by atoms with Gasteiger partial charge in [-0.05, 0) is 6.58 Å². The highest BCUT2D eigenvalue weighted by Crippen LogP contribution is 2.11. The predicted molar refractivity (Wildman–Crippen MR) is 57.0 cm³/mol. The largest absolute Gasteiger partial charge is 0.475 e. The lowest BCUT2D eigenvalue weighted by Gasteiger charge is -1.97. The summed E-state index contributed by atoms with van der Waals surface area (Å²) in [5.41, 5.74) is 5.42. The second kappa shape index (κ2) is 5.03. The average molecular weight is 241 g/mol. The molecular weight excluding hydrogens is 234 g/mol. The Labute approximate surface area is 93.8 Å². The van der Waals surface area contributed by atoms with Gasteiger partial charge in [0.05, 0.1) is 0 Å². The highest BCUT2D eigenvalue weighted by Gasteiger charge is 2.10. The number of carbonyl (C=O) groups is 2. The lowest BCUT2D eigenvalue weighted by Crippen LogP contribution is -2.06. The van der Waals surface area contributed by atoms with Gasteiger partial charge in [-0.3, -0.25) is 4.79 Å². The van der Waals surface area contributed by atoms with Gasteiger partial charge in [-0.2, -0.15) is 0 Å². The van der Waals surface area contributed by atoms with Crippen LogP contribution in [0.3, 0.4) is 0 Å². The molecule has 84 valence electrons. The molecule has 7 nitrogen and oxygen atoms in total. The van der Waals surface area contributed by atoms with E-state index in [4.69, 9.17) is 10.8 Å². The quantitative estimate of drug-likeness (QED) is 0.251. The zero-order valence-corrected chi connectivity index (χ0v) is 8.73. The molecule has 0 amide bonds. The summed E-state index contributed by atoms with van der Waals surface area (Å²) >= 11 is 1.12. The minimum absolute atomic E-state index is 0.157. The van der Waals surface area contributed by atoms with Crippen molar-refractivity contribution in [2.24, 2.45) is 5.16 Å². The number of nitrogen functional groups attached to an aromatic ring is 1. The molecule has 8 heteroatoms. The summed E-state index contributed by atoms with van der Waals surface area (Å²) in [6.07, 6.45) is 0.379. The molecule has 1 aromatic rings. The molecule has 0 aliphatic carbocycles. The van der Waals surface area contributed by atoms with Gasteiger partial charge < -0.3 is 15.7 Å². The first-order valence-corrected chi connectivity index (χ1v) is 4.76. The Morgan fingerprint density at radius 2 is 2.44 bits per heavy atom. The summed E-state index contributed by atoms with van der Waals surface area (Å²) in [4.78, 5) is 29.1. The number of rotatable bonds is 5. The van der Waals surface area contributed by atoms with E-state index in [1.54, 1.807) is 0 Å². The molecule has 1 aromatic heterocycles. The molecule has 0 aromatic carbocycles. The number of hydrogen-bond donors (Lipinski definition) is 2. The minimum atomic E-state index is -1.37. The molecular formula is C8H7N3O4S. The molecule has 0 aliphatic heterocycles. The number of carboxylic acid groups (broad SMARTS) is 1. The molecule has 1 heterocycles. The average Bonchev–Trinajstić information content (AvgIpc) is 2.65. The van der Waals surface area contributed by atoms with Crippen LogP contribution in [0.15, 0.2) is 22.9 Å². The maximum Gasteiger partial charge on any atom is 0.374 e. The summed E-state index contributed by atoms with van der Waals surface area (Å²) < 4.78 is 0. The first-order valence-electron chi connectivity index (χ1n) is 3.88. The lowest BCUT2D eigenvalue weighted by molar-refractivity contribution is -0.136. The van der Waals surface area contributed by atoms with Gasteiger partial charge in [-0.15, -0.1) is 11.3 Å². The number of thiazole rings is 1. The summed E-state index contributed by atoms with van der Waals surface area (Å²) in [5, 5.41) is 13.5. The Morgan fingerprint density at radius 1 is 1.75 bits per heavy atom. The maximum absolute atomic E-state index is 10.6. The van der Waals surface area contributed by atoms with Gasteiger partial charge in [0.2, 0.25) is 5.76 Å². The van der Waals surface area contributed by atoms with Crippen LogP contribution in [-0.2, 0) is 14.4 Å². The first-order chi connectivity index (χ1) is 7.54. The van der Waals surface area contributed by atoms with E-state index < -0.39 is 11.7 Å². The van der Waals surface area contributed by atoms with Crippen molar-refractivity contribution >= 4 is 34.4 Å². The number of carbonyl (C=O) groups excluding carboxylic acids is 1. The SMILES string of the molecule is C=C(ON=C(C=O)c1csc(N)n1)C(=O)O. The fraction of sp³-hybridized carbons (Fsp3) is 0. The number of carboxylic acids is 1. The normalized spacial score (nSPS) is 10.9. The van der Waals surface area contributed by atoms with E-state index in [1.807, 2.05) is 0 Å². The number of aromatic nitrogens is 1. The number of hydrogen-bond acceptors (Lipinski definition) is 7. The fourth-order valence-corrected chi connectivity index (χ4v) is 1.23. The Kier molecular flexibility index (Phi) is 3.72. The van der Waals surface area contributed by atoms with Gasteiger partial charge in [0, 0.05) is 5.38 Å². The highest BCUT2D eigenvalue weighted by atomic mass is 32.1. The molecule has 1 rings (SSSR count). The van der Waals surface area contributed by atoms with Crippen LogP contribution in [0.1, 0.15) is 5.69 Å². The number of nitrogens with two attached hydrogens (primary N) is 1. The van der Waals surface area contributed by atoms with Crippen molar-refractivity contribution in [1.29, 1.82) is 0 Å². The Balaban J connectivity index is 2.83. The lowest BCUT2D eigenvalue weighted by atomic mass is 10.3. The maximum atomic E-state index is 10.6. The Morgan fingerprint density at radius 3 is 2.88 bits per heavy atom. The van der Waals surface area contributed by atoms with Crippen LogP contribution in [0.2, 0.25) is 0 Å². The van der Waals surface area contributed by atoms with Crippen LogP contribution in [-0.4, -0.2) is 28.1 Å². The molecule has 0 spiro atoms. The molecule has 0 atom stereocenters. The van der Waals surface area contributed by atoms with E-state index in [0.717, 1.165) is 11.3 Å². The van der Waals surface area contributed by atoms with Gasteiger partial charge in [0.1, 0.15) is 5.69 Å². The van der Waals surface area contributed by atoms with Gasteiger partial charge in [0.25, 0.3) is 0 Å². The van der Waals surface area contributed by atoms with E-state index in [-0.39, 0.29) is 16.5 Å². The molecule has 3 N–H and O–H groups in total. The number of oxime groups is 1. The second-order valence-corrected chi connectivity index (χ2v) is 3.37. The number of anilines is 1. The van der Waals surface area contributed by atoms with Gasteiger partial charge in [-0.1, -0.05) is 5.16 Å². The number of aliphatic carboxylic acids is 1. The fourth-order valence-electron chi connectivity index (χ4n) is 0.677. The number of nitrogens with zero attached hydrogens (tertiary/aromatic N) is 2. The molecule has 0 aliphatic rings. The van der Waals surface area contributed by atoms with Crippen LogP contribution in [0, 0.1) is 0 Å². The summed E-state index contributed by atoms with van der Waals surface area (Å²) in [5.74, 6) is -1.96. The zero-order chi connectivity index (χ0) is 12.1. The standard InChI is InChI=1S/C8H7N3O4S/c1-4(7(13)14)15-11-5(2-12)6-3-16-8(9)10-6/h2-3H,1H2,(H2,9,10)(H,13,14). The van der Waals surface area contributed by atoms with Crippen LogP contribution >= 0.6 is 11.3 Å². The van der Waals surface area contributed by atoms with Crippen molar-refractivity contribution in [1.82, 2.24) is 4.98 Å². The molecule has 0 saturated carbocycles. The molecule has 0 fully saturated rings. The molecule has 0 radical (unpaired) electrons. The van der Waals surface area contributed by atoms with Crippen molar-refractivity contribution in [3.05, 3.63) is 23.4 Å². The Bertz CT molecular complexity index is 466. The van der Waals surface area contributed by atoms with Crippen LogP contribution in [0.25, 0.3) is 0 Å². The molecule has 0 bridgehead atoms. The summed E-state index contributed by atoms with van der Waals surface area (Å²) in [7, 11) is 0. The molecule has 0 saturated heterocycles.